The molecule has 2 aromatic carbocycles. The number of nitrogens with one attached hydrogen (secondary N) is 3. The zero-order valence-electron chi connectivity index (χ0n) is 15.1. The summed E-state index contributed by atoms with van der Waals surface area (Å²) in [6.45, 7) is 1.48. The SMILES string of the molecule is CN=C(NCCc1c[nH]c2ccccc12)NCc1ccccc1OC.I. The number of aromatic amines is 1. The maximum Gasteiger partial charge on any atom is 0.191 e. The number of fused-ring (bicyclic) bond motifs is 1. The van der Waals surface area contributed by atoms with Gasteiger partial charge in [0.25, 0.3) is 0 Å². The van der Waals surface area contributed by atoms with E-state index in [1.165, 1.54) is 16.5 Å². The molecule has 0 saturated heterocycles. The number of benzene rings is 2. The lowest BCUT2D eigenvalue weighted by Gasteiger charge is -2.13. The lowest BCUT2D eigenvalue weighted by atomic mass is 10.1. The molecule has 0 saturated carbocycles. The number of rotatable bonds is 6. The van der Waals surface area contributed by atoms with Crippen LogP contribution in [0.5, 0.6) is 5.75 Å². The van der Waals surface area contributed by atoms with Crippen molar-refractivity contribution >= 4 is 40.8 Å². The van der Waals surface area contributed by atoms with Crippen molar-refractivity contribution in [2.45, 2.75) is 13.0 Å². The van der Waals surface area contributed by atoms with Gasteiger partial charge in [-0.05, 0) is 24.1 Å². The minimum absolute atomic E-state index is 0. The number of H-pyrrole nitrogens is 1. The van der Waals surface area contributed by atoms with Crippen molar-refractivity contribution in [3.05, 3.63) is 65.9 Å². The van der Waals surface area contributed by atoms with E-state index in [0.717, 1.165) is 30.2 Å². The fraction of sp³-hybridized carbons (Fsp3) is 0.250. The molecule has 0 aliphatic carbocycles. The molecule has 26 heavy (non-hydrogen) atoms. The zero-order chi connectivity index (χ0) is 17.5. The molecule has 1 heterocycles. The molecule has 138 valence electrons. The van der Waals surface area contributed by atoms with Gasteiger partial charge in [0.1, 0.15) is 5.75 Å². The van der Waals surface area contributed by atoms with Crippen LogP contribution in [-0.2, 0) is 13.0 Å². The first kappa shape index (κ1) is 20.1. The van der Waals surface area contributed by atoms with Crippen molar-refractivity contribution < 1.29 is 4.74 Å². The number of para-hydroxylation sites is 2. The standard InChI is InChI=1S/C20H24N4O.HI/c1-21-20(24-14-16-7-3-6-10-19(16)25-2)22-12-11-15-13-23-18-9-5-4-8-17(15)18;/h3-10,13,23H,11-12,14H2,1-2H3,(H2,21,22,24);1H. The Balaban J connectivity index is 0.00000243. The number of methoxy groups -OCH3 is 1. The van der Waals surface area contributed by atoms with E-state index in [1.807, 2.05) is 30.3 Å². The quantitative estimate of drug-likeness (QED) is 0.296. The minimum atomic E-state index is 0. The van der Waals surface area contributed by atoms with Crippen molar-refractivity contribution in [2.75, 3.05) is 20.7 Å². The predicted molar refractivity (Wildman–Crippen MR) is 119 cm³/mol. The molecular formula is C20H25IN4O. The van der Waals surface area contributed by atoms with Crippen LogP contribution in [0.2, 0.25) is 0 Å². The highest BCUT2D eigenvalue weighted by Crippen LogP contribution is 2.18. The molecule has 1 aromatic heterocycles. The fourth-order valence-corrected chi connectivity index (χ4v) is 2.90. The van der Waals surface area contributed by atoms with Crippen molar-refractivity contribution in [1.29, 1.82) is 0 Å². The van der Waals surface area contributed by atoms with E-state index in [1.54, 1.807) is 14.2 Å². The van der Waals surface area contributed by atoms with Crippen LogP contribution in [0, 0.1) is 0 Å². The number of aromatic nitrogens is 1. The van der Waals surface area contributed by atoms with Gasteiger partial charge in [-0.15, -0.1) is 24.0 Å². The van der Waals surface area contributed by atoms with Gasteiger partial charge in [0.15, 0.2) is 5.96 Å². The van der Waals surface area contributed by atoms with Gasteiger partial charge in [0, 0.05) is 42.8 Å². The van der Waals surface area contributed by atoms with Crippen LogP contribution in [0.1, 0.15) is 11.1 Å². The normalized spacial score (nSPS) is 11.1. The summed E-state index contributed by atoms with van der Waals surface area (Å²) < 4.78 is 5.38. The van der Waals surface area contributed by atoms with Crippen molar-refractivity contribution in [1.82, 2.24) is 15.6 Å². The van der Waals surface area contributed by atoms with Crippen molar-refractivity contribution in [3.63, 3.8) is 0 Å². The first-order valence-electron chi connectivity index (χ1n) is 8.43. The Labute approximate surface area is 171 Å². The van der Waals surface area contributed by atoms with Crippen molar-refractivity contribution in [2.24, 2.45) is 4.99 Å². The Hall–Kier alpha value is -2.22. The number of hydrogen-bond acceptors (Lipinski definition) is 2. The second kappa shape index (κ2) is 10.1. The highest BCUT2D eigenvalue weighted by Gasteiger charge is 2.05. The third kappa shape index (κ3) is 4.91. The molecule has 0 amide bonds. The van der Waals surface area contributed by atoms with Gasteiger partial charge in [0.2, 0.25) is 0 Å². The van der Waals surface area contributed by atoms with Crippen LogP contribution in [0.4, 0.5) is 0 Å². The first-order valence-corrected chi connectivity index (χ1v) is 8.43. The van der Waals surface area contributed by atoms with Crippen LogP contribution >= 0.6 is 24.0 Å². The summed E-state index contributed by atoms with van der Waals surface area (Å²) in [6, 6.07) is 16.3. The van der Waals surface area contributed by atoms with Crippen LogP contribution in [0.25, 0.3) is 10.9 Å². The van der Waals surface area contributed by atoms with Crippen LogP contribution < -0.4 is 15.4 Å². The van der Waals surface area contributed by atoms with Gasteiger partial charge in [0.05, 0.1) is 7.11 Å². The number of hydrogen-bond donors (Lipinski definition) is 3. The smallest absolute Gasteiger partial charge is 0.191 e. The molecule has 3 aromatic rings. The Morgan fingerprint density at radius 3 is 2.62 bits per heavy atom. The minimum Gasteiger partial charge on any atom is -0.496 e. The van der Waals surface area contributed by atoms with E-state index in [0.29, 0.717) is 6.54 Å². The Bertz CT molecular complexity index is 860. The van der Waals surface area contributed by atoms with Gasteiger partial charge in [-0.1, -0.05) is 36.4 Å². The highest BCUT2D eigenvalue weighted by atomic mass is 127. The maximum absolute atomic E-state index is 5.38. The third-order valence-corrected chi connectivity index (χ3v) is 4.22. The molecule has 6 heteroatoms. The first-order chi connectivity index (χ1) is 12.3. The second-order valence-electron chi connectivity index (χ2n) is 5.77. The molecule has 0 unspecified atom stereocenters. The molecule has 0 fully saturated rings. The second-order valence-corrected chi connectivity index (χ2v) is 5.77. The number of halogens is 1. The molecule has 0 radical (unpaired) electrons. The molecule has 0 aliphatic rings. The summed E-state index contributed by atoms with van der Waals surface area (Å²) >= 11 is 0. The van der Waals surface area contributed by atoms with Crippen LogP contribution in [0.15, 0.2) is 59.7 Å². The van der Waals surface area contributed by atoms with Gasteiger partial charge < -0.3 is 20.4 Å². The largest absolute Gasteiger partial charge is 0.496 e. The summed E-state index contributed by atoms with van der Waals surface area (Å²) in [5, 5.41) is 7.97. The maximum atomic E-state index is 5.38. The van der Waals surface area contributed by atoms with Crippen LogP contribution in [0.3, 0.4) is 0 Å². The van der Waals surface area contributed by atoms with E-state index in [9.17, 15) is 0 Å². The number of guanidine groups is 1. The summed E-state index contributed by atoms with van der Waals surface area (Å²) in [7, 11) is 3.47. The van der Waals surface area contributed by atoms with Gasteiger partial charge in [-0.3, -0.25) is 4.99 Å². The fourth-order valence-electron chi connectivity index (χ4n) is 2.90. The topological polar surface area (TPSA) is 61.4 Å². The lowest BCUT2D eigenvalue weighted by molar-refractivity contribution is 0.409. The third-order valence-electron chi connectivity index (χ3n) is 4.22. The molecule has 0 bridgehead atoms. The van der Waals surface area contributed by atoms with Gasteiger partial charge >= 0.3 is 0 Å². The average Bonchev–Trinajstić information content (AvgIpc) is 3.08. The number of ether oxygens (including phenoxy) is 1. The highest BCUT2D eigenvalue weighted by molar-refractivity contribution is 14.0. The molecule has 0 aliphatic heterocycles. The van der Waals surface area contributed by atoms with Gasteiger partial charge in [-0.25, -0.2) is 0 Å². The summed E-state index contributed by atoms with van der Waals surface area (Å²) in [4.78, 5) is 7.60. The Morgan fingerprint density at radius 2 is 1.81 bits per heavy atom. The number of nitrogens with zero attached hydrogens (tertiary/aromatic N) is 1. The van der Waals surface area contributed by atoms with E-state index in [4.69, 9.17) is 4.74 Å². The predicted octanol–water partition coefficient (Wildman–Crippen LogP) is 3.70. The molecular weight excluding hydrogens is 439 g/mol. The molecule has 0 spiro atoms. The molecule has 5 nitrogen and oxygen atoms in total. The van der Waals surface area contributed by atoms with E-state index in [2.05, 4.69) is 45.0 Å². The summed E-state index contributed by atoms with van der Waals surface area (Å²) in [5.41, 5.74) is 3.59. The summed E-state index contributed by atoms with van der Waals surface area (Å²) in [6.07, 6.45) is 3.01. The monoisotopic (exact) mass is 464 g/mol. The Morgan fingerprint density at radius 1 is 1.04 bits per heavy atom. The van der Waals surface area contributed by atoms with Gasteiger partial charge in [-0.2, -0.15) is 0 Å². The van der Waals surface area contributed by atoms with Crippen molar-refractivity contribution in [3.8, 4) is 5.75 Å². The number of aliphatic imine (C=N–C) groups is 1. The molecule has 3 N–H and O–H groups in total. The van der Waals surface area contributed by atoms with Crippen LogP contribution in [-0.4, -0.2) is 31.6 Å². The average molecular weight is 464 g/mol. The lowest BCUT2D eigenvalue weighted by Crippen LogP contribution is -2.37. The van der Waals surface area contributed by atoms with E-state index in [-0.39, 0.29) is 24.0 Å². The van der Waals surface area contributed by atoms with E-state index >= 15 is 0 Å². The van der Waals surface area contributed by atoms with E-state index < -0.39 is 0 Å². The zero-order valence-corrected chi connectivity index (χ0v) is 17.4. The molecule has 3 rings (SSSR count). The Kier molecular flexibility index (Phi) is 7.77. The molecule has 0 atom stereocenters. The summed E-state index contributed by atoms with van der Waals surface area (Å²) in [5.74, 6) is 1.66.